The lowest BCUT2D eigenvalue weighted by Gasteiger charge is -2.18. The molecule has 0 heterocycles. The zero-order chi connectivity index (χ0) is 9.31. The summed E-state index contributed by atoms with van der Waals surface area (Å²) in [7, 11) is 1.95. The standard InChI is InChI=1S/C12H15N/c1-10(13-2)12(8-9-12)11-6-4-3-5-7-11/h3-7,13H,1,8-9H2,2H3. The second-order valence-corrected chi connectivity index (χ2v) is 3.68. The Morgan fingerprint density at radius 1 is 1.31 bits per heavy atom. The average Bonchev–Trinajstić information content (AvgIpc) is 2.99. The van der Waals surface area contributed by atoms with Crippen molar-refractivity contribution in [3.05, 3.63) is 48.2 Å². The Balaban J connectivity index is 2.31. The van der Waals surface area contributed by atoms with Crippen LogP contribution in [0.15, 0.2) is 42.6 Å². The van der Waals surface area contributed by atoms with Gasteiger partial charge >= 0.3 is 0 Å². The van der Waals surface area contributed by atoms with Crippen molar-refractivity contribution in [1.82, 2.24) is 5.32 Å². The fourth-order valence-corrected chi connectivity index (χ4v) is 1.89. The van der Waals surface area contributed by atoms with E-state index in [0.717, 1.165) is 5.70 Å². The van der Waals surface area contributed by atoms with Crippen LogP contribution in [0.3, 0.4) is 0 Å². The van der Waals surface area contributed by atoms with Gasteiger partial charge in [0, 0.05) is 18.2 Å². The van der Waals surface area contributed by atoms with Crippen molar-refractivity contribution >= 4 is 0 Å². The van der Waals surface area contributed by atoms with Gasteiger partial charge < -0.3 is 5.32 Å². The smallest absolute Gasteiger partial charge is 0.0344 e. The first-order valence-corrected chi connectivity index (χ1v) is 4.72. The Morgan fingerprint density at radius 2 is 1.92 bits per heavy atom. The summed E-state index contributed by atoms with van der Waals surface area (Å²) in [5.41, 5.74) is 2.80. The van der Waals surface area contributed by atoms with Crippen molar-refractivity contribution in [3.63, 3.8) is 0 Å². The molecule has 0 saturated heterocycles. The third-order valence-electron chi connectivity index (χ3n) is 2.96. The van der Waals surface area contributed by atoms with E-state index in [1.165, 1.54) is 18.4 Å². The molecule has 1 saturated carbocycles. The highest BCUT2D eigenvalue weighted by atomic mass is 14.9. The number of allylic oxidation sites excluding steroid dienone is 1. The Kier molecular flexibility index (Phi) is 1.87. The molecule has 0 spiro atoms. The summed E-state index contributed by atoms with van der Waals surface area (Å²) in [4.78, 5) is 0. The van der Waals surface area contributed by atoms with E-state index in [9.17, 15) is 0 Å². The molecule has 13 heavy (non-hydrogen) atoms. The topological polar surface area (TPSA) is 12.0 Å². The molecule has 1 aliphatic rings. The number of likely N-dealkylation sites (N-methyl/N-ethyl adjacent to an activating group) is 1. The van der Waals surface area contributed by atoms with E-state index >= 15 is 0 Å². The minimum absolute atomic E-state index is 0.246. The Bertz CT molecular complexity index is 309. The molecule has 1 heteroatoms. The summed E-state index contributed by atoms with van der Waals surface area (Å²) in [6.07, 6.45) is 2.47. The van der Waals surface area contributed by atoms with E-state index in [4.69, 9.17) is 0 Å². The van der Waals surface area contributed by atoms with Crippen LogP contribution in [0.5, 0.6) is 0 Å². The highest BCUT2D eigenvalue weighted by Gasteiger charge is 2.46. The van der Waals surface area contributed by atoms with Crippen molar-refractivity contribution in [2.24, 2.45) is 0 Å². The number of nitrogens with one attached hydrogen (secondary N) is 1. The van der Waals surface area contributed by atoms with Crippen molar-refractivity contribution in [2.75, 3.05) is 7.05 Å². The van der Waals surface area contributed by atoms with Gasteiger partial charge in [0.15, 0.2) is 0 Å². The van der Waals surface area contributed by atoms with Crippen LogP contribution in [0.25, 0.3) is 0 Å². The van der Waals surface area contributed by atoms with Crippen LogP contribution < -0.4 is 5.32 Å². The van der Waals surface area contributed by atoms with E-state index in [-0.39, 0.29) is 5.41 Å². The van der Waals surface area contributed by atoms with E-state index in [1.807, 2.05) is 7.05 Å². The molecule has 1 nitrogen and oxygen atoms in total. The molecule has 1 aromatic carbocycles. The summed E-state index contributed by atoms with van der Waals surface area (Å²) in [6.45, 7) is 4.07. The zero-order valence-corrected chi connectivity index (χ0v) is 8.01. The average molecular weight is 173 g/mol. The van der Waals surface area contributed by atoms with E-state index in [2.05, 4.69) is 42.2 Å². The first-order chi connectivity index (χ1) is 6.29. The highest BCUT2D eigenvalue weighted by molar-refractivity contribution is 5.40. The predicted octanol–water partition coefficient (Wildman–Crippen LogP) is 2.45. The molecule has 0 atom stereocenters. The monoisotopic (exact) mass is 173 g/mol. The third-order valence-corrected chi connectivity index (χ3v) is 2.96. The number of hydrogen-bond acceptors (Lipinski definition) is 1. The summed E-state index contributed by atoms with van der Waals surface area (Å²) < 4.78 is 0. The molecule has 0 bridgehead atoms. The normalized spacial score (nSPS) is 17.9. The van der Waals surface area contributed by atoms with Gasteiger partial charge in [0.25, 0.3) is 0 Å². The fourth-order valence-electron chi connectivity index (χ4n) is 1.89. The van der Waals surface area contributed by atoms with Crippen LogP contribution in [0.2, 0.25) is 0 Å². The molecular formula is C12H15N. The van der Waals surface area contributed by atoms with Crippen LogP contribution in [-0.4, -0.2) is 7.05 Å². The Hall–Kier alpha value is -1.24. The molecule has 68 valence electrons. The van der Waals surface area contributed by atoms with Gasteiger partial charge in [0.2, 0.25) is 0 Å². The maximum atomic E-state index is 4.07. The van der Waals surface area contributed by atoms with Gasteiger partial charge in [0.1, 0.15) is 0 Å². The maximum Gasteiger partial charge on any atom is 0.0344 e. The Labute approximate surface area is 79.5 Å². The second-order valence-electron chi connectivity index (χ2n) is 3.68. The predicted molar refractivity (Wildman–Crippen MR) is 55.6 cm³/mol. The maximum absolute atomic E-state index is 4.07. The first-order valence-electron chi connectivity index (χ1n) is 4.72. The molecule has 0 amide bonds. The minimum Gasteiger partial charge on any atom is -0.391 e. The van der Waals surface area contributed by atoms with Gasteiger partial charge in [-0.15, -0.1) is 0 Å². The number of rotatable bonds is 3. The molecule has 0 radical (unpaired) electrons. The molecule has 1 fully saturated rings. The van der Waals surface area contributed by atoms with Crippen molar-refractivity contribution < 1.29 is 0 Å². The van der Waals surface area contributed by atoms with Gasteiger partial charge in [-0.25, -0.2) is 0 Å². The third kappa shape index (κ3) is 1.24. The lowest BCUT2D eigenvalue weighted by Crippen LogP contribution is -2.19. The highest BCUT2D eigenvalue weighted by Crippen LogP contribution is 2.52. The van der Waals surface area contributed by atoms with E-state index in [1.54, 1.807) is 0 Å². The summed E-state index contributed by atoms with van der Waals surface area (Å²) in [6, 6.07) is 10.6. The lowest BCUT2D eigenvalue weighted by molar-refractivity contribution is 0.741. The summed E-state index contributed by atoms with van der Waals surface area (Å²) >= 11 is 0. The molecule has 1 aromatic rings. The van der Waals surface area contributed by atoms with Crippen molar-refractivity contribution in [1.29, 1.82) is 0 Å². The molecule has 0 aromatic heterocycles. The van der Waals surface area contributed by atoms with Crippen LogP contribution in [0.1, 0.15) is 18.4 Å². The molecule has 2 rings (SSSR count). The van der Waals surface area contributed by atoms with Crippen LogP contribution >= 0.6 is 0 Å². The van der Waals surface area contributed by atoms with Gasteiger partial charge in [-0.1, -0.05) is 36.9 Å². The number of hydrogen-bond donors (Lipinski definition) is 1. The largest absolute Gasteiger partial charge is 0.391 e. The van der Waals surface area contributed by atoms with Crippen molar-refractivity contribution in [3.8, 4) is 0 Å². The molecule has 0 unspecified atom stereocenters. The van der Waals surface area contributed by atoms with Gasteiger partial charge in [-0.3, -0.25) is 0 Å². The van der Waals surface area contributed by atoms with Crippen LogP contribution in [0.4, 0.5) is 0 Å². The van der Waals surface area contributed by atoms with Gasteiger partial charge in [-0.05, 0) is 18.4 Å². The van der Waals surface area contributed by atoms with Crippen LogP contribution in [-0.2, 0) is 5.41 Å². The van der Waals surface area contributed by atoms with Crippen LogP contribution in [0, 0.1) is 0 Å². The molecular weight excluding hydrogens is 158 g/mol. The summed E-state index contributed by atoms with van der Waals surface area (Å²) in [5, 5.41) is 3.17. The quantitative estimate of drug-likeness (QED) is 0.740. The Morgan fingerprint density at radius 3 is 2.38 bits per heavy atom. The second kappa shape index (κ2) is 2.91. The summed E-state index contributed by atoms with van der Waals surface area (Å²) in [5.74, 6) is 0. The first kappa shape index (κ1) is 8.36. The van der Waals surface area contributed by atoms with Crippen molar-refractivity contribution in [2.45, 2.75) is 18.3 Å². The molecule has 1 N–H and O–H groups in total. The molecule has 0 aliphatic heterocycles. The minimum atomic E-state index is 0.246. The zero-order valence-electron chi connectivity index (χ0n) is 8.01. The molecule has 1 aliphatic carbocycles. The lowest BCUT2D eigenvalue weighted by atomic mass is 9.93. The van der Waals surface area contributed by atoms with E-state index < -0.39 is 0 Å². The van der Waals surface area contributed by atoms with Gasteiger partial charge in [0.05, 0.1) is 0 Å². The SMILES string of the molecule is C=C(NC)C1(c2ccccc2)CC1. The van der Waals surface area contributed by atoms with E-state index in [0.29, 0.717) is 0 Å². The fraction of sp³-hybridized carbons (Fsp3) is 0.333. The van der Waals surface area contributed by atoms with Gasteiger partial charge in [-0.2, -0.15) is 0 Å². The number of benzene rings is 1.